The molecule has 0 bridgehead atoms. The molecular weight excluding hydrogens is 312 g/mol. The first kappa shape index (κ1) is 15.7. The second-order valence-corrected chi connectivity index (χ2v) is 5.01. The van der Waals surface area contributed by atoms with Gasteiger partial charge in [0.15, 0.2) is 5.58 Å². The number of nitrogens with one attached hydrogen (secondary N) is 2. The molecule has 7 nitrogen and oxygen atoms in total. The van der Waals surface area contributed by atoms with Gasteiger partial charge in [-0.2, -0.15) is 0 Å². The lowest BCUT2D eigenvalue weighted by atomic mass is 10.2. The lowest BCUT2D eigenvalue weighted by Gasteiger charge is -2.08. The number of ether oxygens (including phenoxy) is 2. The number of hydrogen-bond donors (Lipinski definition) is 2. The van der Waals surface area contributed by atoms with E-state index in [1.807, 2.05) is 0 Å². The van der Waals surface area contributed by atoms with E-state index in [0.717, 1.165) is 5.75 Å². The number of H-pyrrole nitrogens is 1. The Bertz CT molecular complexity index is 895. The van der Waals surface area contributed by atoms with Crippen molar-refractivity contribution in [2.24, 2.45) is 0 Å². The molecule has 2 N–H and O–H groups in total. The molecule has 1 heterocycles. The number of carbonyl (C=O) groups excluding carboxylic acids is 1. The van der Waals surface area contributed by atoms with Gasteiger partial charge in [-0.1, -0.05) is 0 Å². The molecule has 124 valence electrons. The van der Waals surface area contributed by atoms with Crippen LogP contribution >= 0.6 is 0 Å². The fraction of sp³-hybridized carbons (Fsp3) is 0.176. The molecule has 3 rings (SSSR count). The maximum atomic E-state index is 12.1. The van der Waals surface area contributed by atoms with Crippen LogP contribution in [-0.4, -0.2) is 31.2 Å². The van der Waals surface area contributed by atoms with Gasteiger partial charge in [0.05, 0.1) is 19.2 Å². The summed E-state index contributed by atoms with van der Waals surface area (Å²) in [6.07, 6.45) is 0. The molecule has 0 fully saturated rings. The van der Waals surface area contributed by atoms with Crippen molar-refractivity contribution < 1.29 is 18.7 Å². The average molecular weight is 328 g/mol. The maximum absolute atomic E-state index is 12.1. The number of rotatable bonds is 6. The number of amides is 1. The third-order valence-corrected chi connectivity index (χ3v) is 3.40. The van der Waals surface area contributed by atoms with Crippen molar-refractivity contribution in [2.45, 2.75) is 0 Å². The predicted octanol–water partition coefficient (Wildman–Crippen LogP) is 1.94. The number of aromatic amines is 1. The van der Waals surface area contributed by atoms with Crippen molar-refractivity contribution in [1.29, 1.82) is 0 Å². The number of fused-ring (bicyclic) bond motifs is 1. The van der Waals surface area contributed by atoms with Crippen LogP contribution in [0.5, 0.6) is 11.5 Å². The predicted molar refractivity (Wildman–Crippen MR) is 87.7 cm³/mol. The van der Waals surface area contributed by atoms with Crippen LogP contribution in [0.3, 0.4) is 0 Å². The van der Waals surface area contributed by atoms with E-state index in [9.17, 15) is 9.59 Å². The zero-order valence-corrected chi connectivity index (χ0v) is 13.0. The topological polar surface area (TPSA) is 93.6 Å². The van der Waals surface area contributed by atoms with E-state index in [1.54, 1.807) is 43.5 Å². The summed E-state index contributed by atoms with van der Waals surface area (Å²) in [6, 6.07) is 12.0. The smallest absolute Gasteiger partial charge is 0.417 e. The molecule has 0 radical (unpaired) electrons. The molecule has 1 aromatic heterocycles. The molecule has 2 aromatic carbocycles. The first-order chi connectivity index (χ1) is 11.7. The highest BCUT2D eigenvalue weighted by atomic mass is 16.5. The average Bonchev–Trinajstić information content (AvgIpc) is 2.98. The lowest BCUT2D eigenvalue weighted by Crippen LogP contribution is -2.28. The fourth-order valence-corrected chi connectivity index (χ4v) is 2.19. The summed E-state index contributed by atoms with van der Waals surface area (Å²) >= 11 is 0. The highest BCUT2D eigenvalue weighted by Crippen LogP contribution is 2.16. The van der Waals surface area contributed by atoms with Crippen molar-refractivity contribution in [3.05, 3.63) is 58.6 Å². The first-order valence-corrected chi connectivity index (χ1v) is 7.33. The van der Waals surface area contributed by atoms with Gasteiger partial charge in [-0.15, -0.1) is 0 Å². The molecule has 3 aromatic rings. The van der Waals surface area contributed by atoms with Gasteiger partial charge in [0, 0.05) is 5.56 Å². The SMILES string of the molecule is COc1ccc(OCCNC(=O)c2ccc3[nH]c(=O)oc3c2)cc1. The number of methoxy groups -OCH3 is 1. The van der Waals surface area contributed by atoms with E-state index in [2.05, 4.69) is 10.3 Å². The molecule has 0 saturated carbocycles. The van der Waals surface area contributed by atoms with Crippen LogP contribution in [0.25, 0.3) is 11.1 Å². The van der Waals surface area contributed by atoms with E-state index >= 15 is 0 Å². The van der Waals surface area contributed by atoms with Crippen molar-refractivity contribution in [3.63, 3.8) is 0 Å². The number of hydrogen-bond acceptors (Lipinski definition) is 5. The zero-order chi connectivity index (χ0) is 16.9. The van der Waals surface area contributed by atoms with Crippen LogP contribution in [0.1, 0.15) is 10.4 Å². The van der Waals surface area contributed by atoms with Gasteiger partial charge in [0.25, 0.3) is 5.91 Å². The quantitative estimate of drug-likeness (QED) is 0.675. The largest absolute Gasteiger partial charge is 0.497 e. The highest BCUT2D eigenvalue weighted by molar-refractivity contribution is 5.96. The Morgan fingerprint density at radius 3 is 2.67 bits per heavy atom. The van der Waals surface area contributed by atoms with E-state index < -0.39 is 5.76 Å². The summed E-state index contributed by atoms with van der Waals surface area (Å²) in [5, 5.41) is 2.74. The Hall–Kier alpha value is -3.22. The molecule has 0 atom stereocenters. The third kappa shape index (κ3) is 3.57. The summed E-state index contributed by atoms with van der Waals surface area (Å²) in [5.74, 6) is 0.637. The summed E-state index contributed by atoms with van der Waals surface area (Å²) in [5.41, 5.74) is 1.32. The molecule has 24 heavy (non-hydrogen) atoms. The molecule has 0 aliphatic carbocycles. The highest BCUT2D eigenvalue weighted by Gasteiger charge is 2.08. The molecule has 1 amide bonds. The Kier molecular flexibility index (Phi) is 4.51. The fourth-order valence-electron chi connectivity index (χ4n) is 2.19. The first-order valence-electron chi connectivity index (χ1n) is 7.33. The Labute approximate surface area is 137 Å². The second-order valence-electron chi connectivity index (χ2n) is 5.01. The monoisotopic (exact) mass is 328 g/mol. The number of aromatic nitrogens is 1. The third-order valence-electron chi connectivity index (χ3n) is 3.40. The van der Waals surface area contributed by atoms with Gasteiger partial charge in [-0.25, -0.2) is 4.79 Å². The summed E-state index contributed by atoms with van der Waals surface area (Å²) in [6.45, 7) is 0.680. The molecule has 0 aliphatic heterocycles. The Morgan fingerprint density at radius 2 is 1.92 bits per heavy atom. The van der Waals surface area contributed by atoms with Crippen LogP contribution in [0.2, 0.25) is 0 Å². The minimum Gasteiger partial charge on any atom is -0.497 e. The van der Waals surface area contributed by atoms with Crippen molar-refractivity contribution in [1.82, 2.24) is 10.3 Å². The summed E-state index contributed by atoms with van der Waals surface area (Å²) in [4.78, 5) is 25.7. The molecule has 0 aliphatic rings. The van der Waals surface area contributed by atoms with E-state index in [0.29, 0.717) is 35.6 Å². The van der Waals surface area contributed by atoms with Crippen LogP contribution < -0.4 is 20.5 Å². The van der Waals surface area contributed by atoms with Gasteiger partial charge in [0.2, 0.25) is 0 Å². The minimum absolute atomic E-state index is 0.265. The normalized spacial score (nSPS) is 10.5. The van der Waals surface area contributed by atoms with Crippen LogP contribution in [-0.2, 0) is 0 Å². The molecule has 7 heteroatoms. The van der Waals surface area contributed by atoms with Crippen LogP contribution in [0, 0.1) is 0 Å². The standard InChI is InChI=1S/C17H16N2O5/c1-22-12-3-5-13(6-4-12)23-9-8-18-16(20)11-2-7-14-15(10-11)24-17(21)19-14/h2-7,10H,8-9H2,1H3,(H,18,20)(H,19,21). The van der Waals surface area contributed by atoms with Crippen LogP contribution in [0.15, 0.2) is 51.7 Å². The zero-order valence-electron chi connectivity index (χ0n) is 13.0. The van der Waals surface area contributed by atoms with Gasteiger partial charge >= 0.3 is 5.76 Å². The van der Waals surface area contributed by atoms with Gasteiger partial charge in [-0.3, -0.25) is 9.78 Å². The van der Waals surface area contributed by atoms with E-state index in [-0.39, 0.29) is 5.91 Å². The van der Waals surface area contributed by atoms with Crippen molar-refractivity contribution in [3.8, 4) is 11.5 Å². The van der Waals surface area contributed by atoms with Crippen molar-refractivity contribution >= 4 is 17.0 Å². The molecule has 0 saturated heterocycles. The Balaban J connectivity index is 1.51. The molecule has 0 unspecified atom stereocenters. The number of carbonyl (C=O) groups is 1. The molecule has 0 spiro atoms. The van der Waals surface area contributed by atoms with Gasteiger partial charge in [0.1, 0.15) is 18.1 Å². The molecular formula is C17H16N2O5. The Morgan fingerprint density at radius 1 is 1.17 bits per heavy atom. The van der Waals surface area contributed by atoms with E-state index in [4.69, 9.17) is 13.9 Å². The van der Waals surface area contributed by atoms with Crippen molar-refractivity contribution in [2.75, 3.05) is 20.3 Å². The number of benzene rings is 2. The minimum atomic E-state index is -0.546. The second kappa shape index (κ2) is 6.91. The van der Waals surface area contributed by atoms with Crippen LogP contribution in [0.4, 0.5) is 0 Å². The lowest BCUT2D eigenvalue weighted by molar-refractivity contribution is 0.0947. The maximum Gasteiger partial charge on any atom is 0.417 e. The summed E-state index contributed by atoms with van der Waals surface area (Å²) < 4.78 is 15.5. The van der Waals surface area contributed by atoms with Gasteiger partial charge in [-0.05, 0) is 42.5 Å². The number of oxazole rings is 1. The van der Waals surface area contributed by atoms with E-state index in [1.165, 1.54) is 6.07 Å². The van der Waals surface area contributed by atoms with Gasteiger partial charge < -0.3 is 19.2 Å². The summed E-state index contributed by atoms with van der Waals surface area (Å²) in [7, 11) is 1.60.